The monoisotopic (exact) mass is 229 g/mol. The fourth-order valence-corrected chi connectivity index (χ4v) is 2.18. The van der Waals surface area contributed by atoms with E-state index >= 15 is 0 Å². The molecule has 1 aromatic carbocycles. The van der Waals surface area contributed by atoms with Crippen molar-refractivity contribution in [3.8, 4) is 18.1 Å². The average Bonchev–Trinajstić information content (AvgIpc) is 2.70. The molecule has 0 radical (unpaired) electrons. The van der Waals surface area contributed by atoms with Gasteiger partial charge in [-0.05, 0) is 18.6 Å². The average molecular weight is 229 g/mol. The first-order chi connectivity index (χ1) is 8.17. The Bertz CT molecular complexity index is 487. The van der Waals surface area contributed by atoms with Crippen LogP contribution < -0.4 is 9.64 Å². The second-order valence-corrected chi connectivity index (χ2v) is 4.20. The van der Waals surface area contributed by atoms with E-state index in [0.29, 0.717) is 13.0 Å². The summed E-state index contributed by atoms with van der Waals surface area (Å²) in [4.78, 5) is 13.7. The Morgan fingerprint density at radius 2 is 2.29 bits per heavy atom. The van der Waals surface area contributed by atoms with Gasteiger partial charge in [0.1, 0.15) is 5.75 Å². The first-order valence-corrected chi connectivity index (χ1v) is 5.57. The normalized spacial score (nSPS) is 19.2. The zero-order chi connectivity index (χ0) is 12.4. The Hall–Kier alpha value is -1.95. The third kappa shape index (κ3) is 1.99. The van der Waals surface area contributed by atoms with Crippen LogP contribution in [0.15, 0.2) is 18.2 Å². The van der Waals surface area contributed by atoms with Crippen LogP contribution in [-0.2, 0) is 4.79 Å². The van der Waals surface area contributed by atoms with Gasteiger partial charge in [-0.3, -0.25) is 4.79 Å². The Labute approximate surface area is 101 Å². The van der Waals surface area contributed by atoms with Gasteiger partial charge in [-0.1, -0.05) is 12.1 Å². The van der Waals surface area contributed by atoms with E-state index in [0.717, 1.165) is 17.0 Å². The third-order valence-corrected chi connectivity index (χ3v) is 3.05. The minimum Gasteiger partial charge on any atom is -0.495 e. The lowest BCUT2D eigenvalue weighted by atomic mass is 10.1. The summed E-state index contributed by atoms with van der Waals surface area (Å²) in [6.07, 6.45) is 5.81. The maximum Gasteiger partial charge on any atom is 0.228 e. The number of rotatable bonds is 2. The summed E-state index contributed by atoms with van der Waals surface area (Å²) in [6, 6.07) is 5.74. The molecule has 1 fully saturated rings. The summed E-state index contributed by atoms with van der Waals surface area (Å²) < 4.78 is 5.31. The van der Waals surface area contributed by atoms with Crippen molar-refractivity contribution in [3.63, 3.8) is 0 Å². The summed E-state index contributed by atoms with van der Waals surface area (Å²) in [7, 11) is 1.61. The molecule has 1 aliphatic rings. The Morgan fingerprint density at radius 1 is 1.53 bits per heavy atom. The van der Waals surface area contributed by atoms with Crippen molar-refractivity contribution >= 4 is 11.6 Å². The number of nitrogens with zero attached hydrogens (tertiary/aromatic N) is 1. The SMILES string of the molecule is C#CC1CC(=O)N(c2c(C)cccc2OC)C1. The van der Waals surface area contributed by atoms with Crippen LogP contribution >= 0.6 is 0 Å². The van der Waals surface area contributed by atoms with Crippen LogP contribution in [0.2, 0.25) is 0 Å². The second kappa shape index (κ2) is 4.50. The molecule has 0 aromatic heterocycles. The van der Waals surface area contributed by atoms with Crippen LogP contribution in [0.4, 0.5) is 5.69 Å². The van der Waals surface area contributed by atoms with Gasteiger partial charge in [0.15, 0.2) is 0 Å². The van der Waals surface area contributed by atoms with E-state index in [1.54, 1.807) is 12.0 Å². The van der Waals surface area contributed by atoms with Crippen LogP contribution in [0.25, 0.3) is 0 Å². The number of methoxy groups -OCH3 is 1. The molecule has 1 heterocycles. The fourth-order valence-electron chi connectivity index (χ4n) is 2.18. The van der Waals surface area contributed by atoms with Gasteiger partial charge in [0, 0.05) is 18.9 Å². The first kappa shape index (κ1) is 11.5. The number of para-hydroxylation sites is 1. The highest BCUT2D eigenvalue weighted by atomic mass is 16.5. The van der Waals surface area contributed by atoms with E-state index in [2.05, 4.69) is 5.92 Å². The molecule has 3 heteroatoms. The lowest BCUT2D eigenvalue weighted by molar-refractivity contribution is -0.117. The Balaban J connectivity index is 2.41. The molecule has 0 saturated carbocycles. The van der Waals surface area contributed by atoms with Crippen molar-refractivity contribution in [1.82, 2.24) is 0 Å². The van der Waals surface area contributed by atoms with Gasteiger partial charge in [-0.25, -0.2) is 0 Å². The molecular formula is C14H15NO2. The van der Waals surface area contributed by atoms with E-state index in [1.807, 2.05) is 25.1 Å². The molecule has 1 amide bonds. The largest absolute Gasteiger partial charge is 0.495 e. The molecule has 0 spiro atoms. The quantitative estimate of drug-likeness (QED) is 0.726. The molecule has 1 unspecified atom stereocenters. The standard InChI is InChI=1S/C14H15NO2/c1-4-11-8-13(16)15(9-11)14-10(2)6-5-7-12(14)17-3/h1,5-7,11H,8-9H2,2-3H3. The highest BCUT2D eigenvalue weighted by Crippen LogP contribution is 2.35. The molecule has 3 nitrogen and oxygen atoms in total. The highest BCUT2D eigenvalue weighted by molar-refractivity contribution is 5.98. The second-order valence-electron chi connectivity index (χ2n) is 4.20. The summed E-state index contributed by atoms with van der Waals surface area (Å²) in [5.74, 6) is 3.44. The number of ether oxygens (including phenoxy) is 1. The van der Waals surface area contributed by atoms with Crippen LogP contribution in [0.1, 0.15) is 12.0 Å². The number of carbonyl (C=O) groups excluding carboxylic acids is 1. The molecule has 0 bridgehead atoms. The molecule has 88 valence electrons. The summed E-state index contributed by atoms with van der Waals surface area (Å²) in [5.41, 5.74) is 1.87. The molecule has 1 aromatic rings. The number of benzene rings is 1. The predicted octanol–water partition coefficient (Wildman–Crippen LogP) is 1.99. The van der Waals surface area contributed by atoms with Crippen molar-refractivity contribution in [3.05, 3.63) is 23.8 Å². The maximum absolute atomic E-state index is 11.9. The molecule has 17 heavy (non-hydrogen) atoms. The number of amides is 1. The number of hydrogen-bond donors (Lipinski definition) is 0. The maximum atomic E-state index is 11.9. The van der Waals surface area contributed by atoms with Crippen molar-refractivity contribution in [1.29, 1.82) is 0 Å². The van der Waals surface area contributed by atoms with E-state index in [4.69, 9.17) is 11.2 Å². The summed E-state index contributed by atoms with van der Waals surface area (Å²) in [5, 5.41) is 0. The topological polar surface area (TPSA) is 29.5 Å². The van der Waals surface area contributed by atoms with Gasteiger partial charge in [0.2, 0.25) is 5.91 Å². The molecular weight excluding hydrogens is 214 g/mol. The van der Waals surface area contributed by atoms with E-state index in [1.165, 1.54) is 0 Å². The molecule has 1 saturated heterocycles. The molecule has 0 N–H and O–H groups in total. The highest BCUT2D eigenvalue weighted by Gasteiger charge is 2.31. The van der Waals surface area contributed by atoms with Gasteiger partial charge < -0.3 is 9.64 Å². The fraction of sp³-hybridized carbons (Fsp3) is 0.357. The van der Waals surface area contributed by atoms with Crippen LogP contribution in [0.3, 0.4) is 0 Å². The van der Waals surface area contributed by atoms with Crippen LogP contribution in [0, 0.1) is 25.2 Å². The summed E-state index contributed by atoms with van der Waals surface area (Å²) >= 11 is 0. The number of hydrogen-bond acceptors (Lipinski definition) is 2. The summed E-state index contributed by atoms with van der Waals surface area (Å²) in [6.45, 7) is 2.55. The lowest BCUT2D eigenvalue weighted by Gasteiger charge is -2.21. The van der Waals surface area contributed by atoms with Crippen molar-refractivity contribution in [2.75, 3.05) is 18.6 Å². The van der Waals surface area contributed by atoms with Gasteiger partial charge in [-0.15, -0.1) is 12.3 Å². The Kier molecular flexibility index (Phi) is 3.06. The van der Waals surface area contributed by atoms with Gasteiger partial charge in [0.25, 0.3) is 0 Å². The van der Waals surface area contributed by atoms with Crippen LogP contribution in [-0.4, -0.2) is 19.6 Å². The third-order valence-electron chi connectivity index (χ3n) is 3.05. The zero-order valence-corrected chi connectivity index (χ0v) is 10.1. The number of terminal acetylenes is 1. The smallest absolute Gasteiger partial charge is 0.228 e. The molecule has 1 aliphatic heterocycles. The minimum absolute atomic E-state index is 0.00631. The molecule has 1 atom stereocenters. The zero-order valence-electron chi connectivity index (χ0n) is 10.1. The van der Waals surface area contributed by atoms with Crippen molar-refractivity contribution in [2.24, 2.45) is 5.92 Å². The number of carbonyl (C=O) groups is 1. The first-order valence-electron chi connectivity index (χ1n) is 5.57. The van der Waals surface area contributed by atoms with Crippen LogP contribution in [0.5, 0.6) is 5.75 Å². The van der Waals surface area contributed by atoms with Crippen molar-refractivity contribution in [2.45, 2.75) is 13.3 Å². The van der Waals surface area contributed by atoms with Gasteiger partial charge >= 0.3 is 0 Å². The number of aryl methyl sites for hydroxylation is 1. The lowest BCUT2D eigenvalue weighted by Crippen LogP contribution is -2.25. The Morgan fingerprint density at radius 3 is 2.88 bits per heavy atom. The molecule has 0 aliphatic carbocycles. The van der Waals surface area contributed by atoms with Crippen molar-refractivity contribution < 1.29 is 9.53 Å². The minimum atomic E-state index is 0.00631. The van der Waals surface area contributed by atoms with Gasteiger partial charge in [-0.2, -0.15) is 0 Å². The predicted molar refractivity (Wildman–Crippen MR) is 67.0 cm³/mol. The van der Waals surface area contributed by atoms with E-state index in [9.17, 15) is 4.79 Å². The molecule has 2 rings (SSSR count). The van der Waals surface area contributed by atoms with Gasteiger partial charge in [0.05, 0.1) is 12.8 Å². The number of anilines is 1. The van der Waals surface area contributed by atoms with E-state index < -0.39 is 0 Å². The van der Waals surface area contributed by atoms with E-state index in [-0.39, 0.29) is 11.8 Å².